The van der Waals surface area contributed by atoms with Crippen molar-refractivity contribution in [1.82, 2.24) is 0 Å². The highest BCUT2D eigenvalue weighted by atomic mass is 16.3. The lowest BCUT2D eigenvalue weighted by Crippen LogP contribution is -2.40. The van der Waals surface area contributed by atoms with Crippen LogP contribution in [0, 0.1) is 13.8 Å². The summed E-state index contributed by atoms with van der Waals surface area (Å²) in [6.45, 7) is 3.95. The van der Waals surface area contributed by atoms with Crippen LogP contribution in [0.1, 0.15) is 53.6 Å². The highest BCUT2D eigenvalue weighted by molar-refractivity contribution is 6.03. The van der Waals surface area contributed by atoms with Crippen LogP contribution in [0.15, 0.2) is 18.2 Å². The Hall–Kier alpha value is -1.15. The SMILES string of the molecule is Cc1cccc(C(=O)C2(O)CCCCC2)c1C. The Bertz CT molecular complexity index is 429. The number of rotatable bonds is 2. The molecule has 1 aliphatic rings. The van der Waals surface area contributed by atoms with E-state index in [0.717, 1.165) is 30.4 Å². The van der Waals surface area contributed by atoms with E-state index in [1.807, 2.05) is 32.0 Å². The Kier molecular flexibility index (Phi) is 3.34. The average molecular weight is 232 g/mol. The van der Waals surface area contributed by atoms with Crippen LogP contribution in [0.4, 0.5) is 0 Å². The average Bonchev–Trinajstić information content (AvgIpc) is 2.33. The first kappa shape index (κ1) is 12.3. The van der Waals surface area contributed by atoms with E-state index in [1.165, 1.54) is 0 Å². The summed E-state index contributed by atoms with van der Waals surface area (Å²) in [7, 11) is 0. The van der Waals surface area contributed by atoms with Crippen molar-refractivity contribution in [2.75, 3.05) is 0 Å². The van der Waals surface area contributed by atoms with E-state index in [4.69, 9.17) is 0 Å². The number of Topliss-reactive ketones (excluding diaryl/α,β-unsaturated/α-hetero) is 1. The monoisotopic (exact) mass is 232 g/mol. The molecule has 1 aromatic carbocycles. The van der Waals surface area contributed by atoms with Crippen molar-refractivity contribution < 1.29 is 9.90 Å². The normalized spacial score (nSPS) is 19.0. The smallest absolute Gasteiger partial charge is 0.194 e. The molecule has 0 unspecified atom stereocenters. The van der Waals surface area contributed by atoms with Crippen LogP contribution in [-0.2, 0) is 0 Å². The predicted molar refractivity (Wildman–Crippen MR) is 68.3 cm³/mol. The van der Waals surface area contributed by atoms with Crippen LogP contribution in [0.5, 0.6) is 0 Å². The molecule has 1 saturated carbocycles. The second-order valence-electron chi connectivity index (χ2n) is 5.17. The molecular formula is C15H20O2. The zero-order valence-electron chi connectivity index (χ0n) is 10.6. The summed E-state index contributed by atoms with van der Waals surface area (Å²) in [6, 6.07) is 5.72. The van der Waals surface area contributed by atoms with Gasteiger partial charge in [0.25, 0.3) is 0 Å². The van der Waals surface area contributed by atoms with Gasteiger partial charge in [0.05, 0.1) is 0 Å². The highest BCUT2D eigenvalue weighted by Gasteiger charge is 2.38. The van der Waals surface area contributed by atoms with E-state index in [1.54, 1.807) is 0 Å². The van der Waals surface area contributed by atoms with Gasteiger partial charge >= 0.3 is 0 Å². The zero-order chi connectivity index (χ0) is 12.5. The van der Waals surface area contributed by atoms with Crippen molar-refractivity contribution in [3.05, 3.63) is 34.9 Å². The molecule has 0 radical (unpaired) electrons. The lowest BCUT2D eigenvalue weighted by Gasteiger charge is -2.31. The van der Waals surface area contributed by atoms with Gasteiger partial charge in [-0.2, -0.15) is 0 Å². The van der Waals surface area contributed by atoms with Gasteiger partial charge in [-0.15, -0.1) is 0 Å². The van der Waals surface area contributed by atoms with Crippen LogP contribution in [-0.4, -0.2) is 16.5 Å². The predicted octanol–water partition coefficient (Wildman–Crippen LogP) is 3.18. The second kappa shape index (κ2) is 4.61. The summed E-state index contributed by atoms with van der Waals surface area (Å²) in [4.78, 5) is 12.4. The largest absolute Gasteiger partial charge is 0.382 e. The van der Waals surface area contributed by atoms with E-state index in [0.29, 0.717) is 18.4 Å². The summed E-state index contributed by atoms with van der Waals surface area (Å²) in [6.07, 6.45) is 4.25. The summed E-state index contributed by atoms with van der Waals surface area (Å²) in [5.41, 5.74) is 1.68. The lowest BCUT2D eigenvalue weighted by molar-refractivity contribution is 0.0115. The van der Waals surface area contributed by atoms with Crippen LogP contribution >= 0.6 is 0 Å². The minimum Gasteiger partial charge on any atom is -0.382 e. The van der Waals surface area contributed by atoms with Gasteiger partial charge in [0.15, 0.2) is 5.78 Å². The molecule has 2 heteroatoms. The Morgan fingerprint density at radius 1 is 1.18 bits per heavy atom. The standard InChI is InChI=1S/C15H20O2/c1-11-7-6-8-13(12(11)2)14(16)15(17)9-4-3-5-10-15/h6-8,17H,3-5,9-10H2,1-2H3. The Labute approximate surface area is 103 Å². The van der Waals surface area contributed by atoms with Crippen molar-refractivity contribution >= 4 is 5.78 Å². The Morgan fingerprint density at radius 3 is 2.47 bits per heavy atom. The number of aliphatic hydroxyl groups is 1. The van der Waals surface area contributed by atoms with Gasteiger partial charge in [-0.3, -0.25) is 4.79 Å². The van der Waals surface area contributed by atoms with Crippen LogP contribution in [0.2, 0.25) is 0 Å². The van der Waals surface area contributed by atoms with Crippen molar-refractivity contribution in [3.8, 4) is 0 Å². The fraction of sp³-hybridized carbons (Fsp3) is 0.533. The molecular weight excluding hydrogens is 212 g/mol. The molecule has 0 bridgehead atoms. The van der Waals surface area contributed by atoms with Gasteiger partial charge in [-0.1, -0.05) is 37.5 Å². The first-order valence-electron chi connectivity index (χ1n) is 6.38. The first-order chi connectivity index (χ1) is 8.04. The quantitative estimate of drug-likeness (QED) is 0.795. The number of carbonyl (C=O) groups excluding carboxylic acids is 1. The van der Waals surface area contributed by atoms with Gasteiger partial charge in [0.2, 0.25) is 0 Å². The number of aryl methyl sites for hydroxylation is 1. The number of carbonyl (C=O) groups is 1. The highest BCUT2D eigenvalue weighted by Crippen LogP contribution is 2.32. The van der Waals surface area contributed by atoms with Gasteiger partial charge in [-0.05, 0) is 37.8 Å². The maximum atomic E-state index is 12.4. The van der Waals surface area contributed by atoms with Gasteiger partial charge in [-0.25, -0.2) is 0 Å². The van der Waals surface area contributed by atoms with E-state index in [9.17, 15) is 9.90 Å². The van der Waals surface area contributed by atoms with E-state index in [-0.39, 0.29) is 5.78 Å². The molecule has 1 aliphatic carbocycles. The summed E-state index contributed by atoms with van der Waals surface area (Å²) in [5, 5.41) is 10.5. The van der Waals surface area contributed by atoms with Crippen LogP contribution in [0.3, 0.4) is 0 Å². The molecule has 0 aromatic heterocycles. The molecule has 0 aliphatic heterocycles. The van der Waals surface area contributed by atoms with Crippen molar-refractivity contribution in [2.24, 2.45) is 0 Å². The number of hydrogen-bond acceptors (Lipinski definition) is 2. The fourth-order valence-electron chi connectivity index (χ4n) is 2.61. The second-order valence-corrected chi connectivity index (χ2v) is 5.17. The molecule has 1 fully saturated rings. The number of benzene rings is 1. The first-order valence-corrected chi connectivity index (χ1v) is 6.38. The Balaban J connectivity index is 2.33. The molecule has 0 heterocycles. The number of ketones is 1. The maximum absolute atomic E-state index is 12.4. The summed E-state index contributed by atoms with van der Waals surface area (Å²) in [5.74, 6) is -0.0848. The molecule has 92 valence electrons. The molecule has 2 rings (SSSR count). The topological polar surface area (TPSA) is 37.3 Å². The van der Waals surface area contributed by atoms with Gasteiger partial charge in [0, 0.05) is 5.56 Å². The molecule has 17 heavy (non-hydrogen) atoms. The van der Waals surface area contributed by atoms with Crippen LogP contribution in [0.25, 0.3) is 0 Å². The molecule has 1 aromatic rings. The fourth-order valence-corrected chi connectivity index (χ4v) is 2.61. The maximum Gasteiger partial charge on any atom is 0.194 e. The summed E-state index contributed by atoms with van der Waals surface area (Å²) >= 11 is 0. The van der Waals surface area contributed by atoms with Gasteiger partial charge < -0.3 is 5.11 Å². The third kappa shape index (κ3) is 2.27. The minimum absolute atomic E-state index is 0.0848. The lowest BCUT2D eigenvalue weighted by atomic mass is 9.78. The van der Waals surface area contributed by atoms with E-state index < -0.39 is 5.60 Å². The third-order valence-corrected chi connectivity index (χ3v) is 3.95. The summed E-state index contributed by atoms with van der Waals surface area (Å²) < 4.78 is 0. The molecule has 0 atom stereocenters. The number of hydrogen-bond donors (Lipinski definition) is 1. The van der Waals surface area contributed by atoms with E-state index >= 15 is 0 Å². The van der Waals surface area contributed by atoms with E-state index in [2.05, 4.69) is 0 Å². The molecule has 0 amide bonds. The zero-order valence-corrected chi connectivity index (χ0v) is 10.6. The third-order valence-electron chi connectivity index (χ3n) is 3.95. The van der Waals surface area contributed by atoms with Crippen molar-refractivity contribution in [1.29, 1.82) is 0 Å². The van der Waals surface area contributed by atoms with Gasteiger partial charge in [0.1, 0.15) is 5.60 Å². The molecule has 0 spiro atoms. The Morgan fingerprint density at radius 2 is 1.82 bits per heavy atom. The molecule has 1 N–H and O–H groups in total. The minimum atomic E-state index is -1.11. The van der Waals surface area contributed by atoms with Crippen molar-refractivity contribution in [3.63, 3.8) is 0 Å². The van der Waals surface area contributed by atoms with Crippen LogP contribution < -0.4 is 0 Å². The van der Waals surface area contributed by atoms with Crippen molar-refractivity contribution in [2.45, 2.75) is 51.6 Å². The molecule has 0 saturated heterocycles. The molecule has 2 nitrogen and oxygen atoms in total.